The van der Waals surface area contributed by atoms with Crippen molar-refractivity contribution in [2.45, 2.75) is 25.5 Å². The number of nitrogens with two attached hydrogens (primary N) is 1. The molecule has 0 radical (unpaired) electrons. The molecule has 1 heterocycles. The summed E-state index contributed by atoms with van der Waals surface area (Å²) in [6, 6.07) is 0. The standard InChI is InChI=1S/C6H10N2O2/c7-6(9)10-5-3-1-2-4-8-5/h4-5H,1-3H2,(H2,7,9)/t5-/m0/s1. The molecule has 1 aliphatic heterocycles. The molecule has 0 aliphatic carbocycles. The van der Waals surface area contributed by atoms with E-state index in [0.717, 1.165) is 19.3 Å². The van der Waals surface area contributed by atoms with Gasteiger partial charge in [0.05, 0.1) is 0 Å². The zero-order valence-corrected chi connectivity index (χ0v) is 5.62. The first-order valence-corrected chi connectivity index (χ1v) is 3.27. The third-order valence-corrected chi connectivity index (χ3v) is 1.31. The molecule has 0 aromatic heterocycles. The maximum Gasteiger partial charge on any atom is 0.406 e. The molecule has 0 fully saturated rings. The lowest BCUT2D eigenvalue weighted by Gasteiger charge is -2.14. The van der Waals surface area contributed by atoms with E-state index in [1.807, 2.05) is 0 Å². The minimum atomic E-state index is -0.746. The fourth-order valence-corrected chi connectivity index (χ4v) is 0.874. The monoisotopic (exact) mass is 142 g/mol. The van der Waals surface area contributed by atoms with Crippen LogP contribution in [-0.4, -0.2) is 18.5 Å². The number of rotatable bonds is 1. The average molecular weight is 142 g/mol. The normalized spacial score (nSPS) is 24.2. The van der Waals surface area contributed by atoms with Crippen LogP contribution in [0, 0.1) is 0 Å². The first-order chi connectivity index (χ1) is 4.79. The summed E-state index contributed by atoms with van der Waals surface area (Å²) in [5.41, 5.74) is 4.79. The Morgan fingerprint density at radius 2 is 2.60 bits per heavy atom. The fraction of sp³-hybridized carbons (Fsp3) is 0.667. The summed E-state index contributed by atoms with van der Waals surface area (Å²) in [6.45, 7) is 0. The number of carbonyl (C=O) groups is 1. The minimum Gasteiger partial charge on any atom is -0.424 e. The molecule has 0 aromatic carbocycles. The van der Waals surface area contributed by atoms with Crippen LogP contribution in [0.1, 0.15) is 19.3 Å². The topological polar surface area (TPSA) is 64.7 Å². The number of hydrogen-bond donors (Lipinski definition) is 1. The molecule has 0 saturated carbocycles. The Bertz CT molecular complexity index is 156. The van der Waals surface area contributed by atoms with Crippen molar-refractivity contribution in [1.29, 1.82) is 0 Å². The molecule has 2 N–H and O–H groups in total. The largest absolute Gasteiger partial charge is 0.424 e. The van der Waals surface area contributed by atoms with E-state index in [2.05, 4.69) is 9.73 Å². The van der Waals surface area contributed by atoms with Crippen molar-refractivity contribution >= 4 is 12.3 Å². The predicted molar refractivity (Wildman–Crippen MR) is 36.8 cm³/mol. The Hall–Kier alpha value is -1.06. The van der Waals surface area contributed by atoms with Crippen LogP contribution < -0.4 is 5.73 Å². The van der Waals surface area contributed by atoms with Crippen LogP contribution in [-0.2, 0) is 4.74 Å². The molecule has 1 amide bonds. The van der Waals surface area contributed by atoms with Gasteiger partial charge in [-0.2, -0.15) is 0 Å². The number of aliphatic imine (C=N–C) groups is 1. The molecule has 1 aliphatic rings. The van der Waals surface area contributed by atoms with Gasteiger partial charge in [0.25, 0.3) is 0 Å². The summed E-state index contributed by atoms with van der Waals surface area (Å²) in [5, 5.41) is 0. The Morgan fingerprint density at radius 1 is 1.80 bits per heavy atom. The number of amides is 1. The molecule has 56 valence electrons. The highest BCUT2D eigenvalue weighted by Gasteiger charge is 2.11. The fourth-order valence-electron chi connectivity index (χ4n) is 0.874. The smallest absolute Gasteiger partial charge is 0.406 e. The summed E-state index contributed by atoms with van der Waals surface area (Å²) in [5.74, 6) is 0. The first-order valence-electron chi connectivity index (χ1n) is 3.27. The molecular formula is C6H10N2O2. The van der Waals surface area contributed by atoms with Gasteiger partial charge in [-0.25, -0.2) is 4.79 Å². The van der Waals surface area contributed by atoms with Crippen molar-refractivity contribution in [2.24, 2.45) is 10.7 Å². The second kappa shape index (κ2) is 3.20. The predicted octanol–water partition coefficient (Wildman–Crippen LogP) is 0.663. The van der Waals surface area contributed by atoms with E-state index >= 15 is 0 Å². The maximum atomic E-state index is 10.2. The number of ether oxygens (including phenoxy) is 1. The zero-order chi connectivity index (χ0) is 7.40. The number of hydrogen-bond acceptors (Lipinski definition) is 3. The lowest BCUT2D eigenvalue weighted by molar-refractivity contribution is 0.103. The van der Waals surface area contributed by atoms with Gasteiger partial charge >= 0.3 is 6.09 Å². The molecule has 1 rings (SSSR count). The summed E-state index contributed by atoms with van der Waals surface area (Å²) < 4.78 is 4.63. The van der Waals surface area contributed by atoms with Crippen molar-refractivity contribution in [2.75, 3.05) is 0 Å². The van der Waals surface area contributed by atoms with Crippen molar-refractivity contribution in [1.82, 2.24) is 0 Å². The highest BCUT2D eigenvalue weighted by molar-refractivity contribution is 5.65. The van der Waals surface area contributed by atoms with Crippen molar-refractivity contribution < 1.29 is 9.53 Å². The van der Waals surface area contributed by atoms with Crippen LogP contribution in [0.2, 0.25) is 0 Å². The summed E-state index contributed by atoms with van der Waals surface area (Å²) >= 11 is 0. The lowest BCUT2D eigenvalue weighted by atomic mass is 10.2. The van der Waals surface area contributed by atoms with E-state index in [9.17, 15) is 4.79 Å². The van der Waals surface area contributed by atoms with Crippen LogP contribution in [0.5, 0.6) is 0 Å². The molecule has 1 atom stereocenters. The van der Waals surface area contributed by atoms with E-state index in [0.29, 0.717) is 0 Å². The van der Waals surface area contributed by atoms with Crippen LogP contribution in [0.4, 0.5) is 4.79 Å². The molecule has 4 heteroatoms. The molecule has 0 spiro atoms. The van der Waals surface area contributed by atoms with Gasteiger partial charge in [-0.3, -0.25) is 4.99 Å². The van der Waals surface area contributed by atoms with E-state index in [4.69, 9.17) is 5.73 Å². The van der Waals surface area contributed by atoms with Crippen LogP contribution >= 0.6 is 0 Å². The highest BCUT2D eigenvalue weighted by Crippen LogP contribution is 2.09. The molecule has 0 unspecified atom stereocenters. The van der Waals surface area contributed by atoms with Crippen molar-refractivity contribution in [3.05, 3.63) is 0 Å². The molecule has 0 bridgehead atoms. The SMILES string of the molecule is NC(=O)O[C@H]1CCCC=N1. The Morgan fingerprint density at radius 3 is 3.10 bits per heavy atom. The van der Waals surface area contributed by atoms with E-state index < -0.39 is 6.09 Å². The van der Waals surface area contributed by atoms with Crippen LogP contribution in [0.3, 0.4) is 0 Å². The summed E-state index contributed by atoms with van der Waals surface area (Å²) in [7, 11) is 0. The molecule has 0 saturated heterocycles. The third kappa shape index (κ3) is 2.05. The van der Waals surface area contributed by atoms with E-state index in [-0.39, 0.29) is 6.23 Å². The average Bonchev–Trinajstić information content (AvgIpc) is 1.88. The Balaban J connectivity index is 2.33. The zero-order valence-electron chi connectivity index (χ0n) is 5.62. The maximum absolute atomic E-state index is 10.2. The van der Waals surface area contributed by atoms with Gasteiger partial charge in [-0.15, -0.1) is 0 Å². The number of carbonyl (C=O) groups excluding carboxylic acids is 1. The van der Waals surface area contributed by atoms with Gasteiger partial charge in [0.15, 0.2) is 6.23 Å². The minimum absolute atomic E-state index is 0.328. The van der Waals surface area contributed by atoms with Gasteiger partial charge in [0, 0.05) is 12.6 Å². The molecule has 10 heavy (non-hydrogen) atoms. The summed E-state index contributed by atoms with van der Waals surface area (Å²) in [4.78, 5) is 14.1. The quantitative estimate of drug-likeness (QED) is 0.584. The molecular weight excluding hydrogens is 132 g/mol. The summed E-state index contributed by atoms with van der Waals surface area (Å²) in [6.07, 6.45) is 3.46. The van der Waals surface area contributed by atoms with E-state index in [1.165, 1.54) is 0 Å². The van der Waals surface area contributed by atoms with Crippen LogP contribution in [0.25, 0.3) is 0 Å². The van der Waals surface area contributed by atoms with Gasteiger partial charge in [-0.05, 0) is 12.8 Å². The van der Waals surface area contributed by atoms with Crippen molar-refractivity contribution in [3.8, 4) is 0 Å². The van der Waals surface area contributed by atoms with Crippen LogP contribution in [0.15, 0.2) is 4.99 Å². The number of nitrogens with zero attached hydrogens (tertiary/aromatic N) is 1. The second-order valence-electron chi connectivity index (χ2n) is 2.15. The Labute approximate surface area is 59.1 Å². The second-order valence-corrected chi connectivity index (χ2v) is 2.15. The Kier molecular flexibility index (Phi) is 2.25. The van der Waals surface area contributed by atoms with E-state index in [1.54, 1.807) is 6.21 Å². The van der Waals surface area contributed by atoms with Crippen molar-refractivity contribution in [3.63, 3.8) is 0 Å². The number of primary amides is 1. The highest BCUT2D eigenvalue weighted by atomic mass is 16.6. The van der Waals surface area contributed by atoms with Gasteiger partial charge in [0.2, 0.25) is 0 Å². The van der Waals surface area contributed by atoms with Gasteiger partial charge < -0.3 is 10.5 Å². The lowest BCUT2D eigenvalue weighted by Crippen LogP contribution is -2.22. The van der Waals surface area contributed by atoms with Gasteiger partial charge in [-0.1, -0.05) is 0 Å². The molecule has 0 aromatic rings. The molecule has 4 nitrogen and oxygen atoms in total. The first kappa shape index (κ1) is 7.05. The third-order valence-electron chi connectivity index (χ3n) is 1.31. The van der Waals surface area contributed by atoms with Gasteiger partial charge in [0.1, 0.15) is 0 Å².